The van der Waals surface area contributed by atoms with Crippen molar-refractivity contribution in [3.8, 4) is 11.6 Å². The minimum absolute atomic E-state index is 0.0669. The molecule has 0 bridgehead atoms. The minimum atomic E-state index is -2.56. The van der Waals surface area contributed by atoms with Crippen molar-refractivity contribution in [2.45, 2.75) is 36.4 Å². The Bertz CT molecular complexity index is 1120. The van der Waals surface area contributed by atoms with Gasteiger partial charge >= 0.3 is 0 Å². The lowest BCUT2D eigenvalue weighted by Gasteiger charge is -2.40. The topological polar surface area (TPSA) is 54.8 Å². The Morgan fingerprint density at radius 2 is 1.71 bits per heavy atom. The maximum atomic E-state index is 13.2. The zero-order chi connectivity index (χ0) is 24.5. The lowest BCUT2D eigenvalue weighted by Crippen LogP contribution is -2.48. The molecule has 7 heteroatoms. The van der Waals surface area contributed by atoms with Crippen LogP contribution < -0.4 is 9.47 Å². The Kier molecular flexibility index (Phi) is 6.60. The van der Waals surface area contributed by atoms with Crippen LogP contribution in [0.15, 0.2) is 66.9 Å². The van der Waals surface area contributed by atoms with E-state index in [0.29, 0.717) is 35.6 Å². The van der Waals surface area contributed by atoms with E-state index in [9.17, 15) is 13.9 Å². The van der Waals surface area contributed by atoms with E-state index < -0.39 is 17.6 Å². The molecule has 1 N–H and O–H groups in total. The zero-order valence-corrected chi connectivity index (χ0v) is 19.8. The van der Waals surface area contributed by atoms with Gasteiger partial charge < -0.3 is 19.5 Å². The summed E-state index contributed by atoms with van der Waals surface area (Å²) < 4.78 is 38.3. The van der Waals surface area contributed by atoms with Gasteiger partial charge in [-0.05, 0) is 51.2 Å². The number of halogens is 2. The molecule has 3 aromatic rings. The number of fused-ring (bicyclic) bond motifs is 3. The third-order valence-electron chi connectivity index (χ3n) is 6.45. The van der Waals surface area contributed by atoms with Crippen molar-refractivity contribution >= 4 is 0 Å². The van der Waals surface area contributed by atoms with Crippen LogP contribution in [0.2, 0.25) is 0 Å². The number of ether oxygens (including phenoxy) is 2. The van der Waals surface area contributed by atoms with Gasteiger partial charge in [0.25, 0.3) is 6.43 Å². The van der Waals surface area contributed by atoms with E-state index in [1.807, 2.05) is 56.4 Å². The lowest BCUT2D eigenvalue weighted by atomic mass is 9.72. The monoisotopic (exact) mass is 468 g/mol. The maximum Gasteiger partial charge on any atom is 0.263 e. The quantitative estimate of drug-likeness (QED) is 0.566. The summed E-state index contributed by atoms with van der Waals surface area (Å²) in [6.45, 7) is 0. The molecular weight excluding hydrogens is 438 g/mol. The highest BCUT2D eigenvalue weighted by atomic mass is 19.3. The highest BCUT2D eigenvalue weighted by Gasteiger charge is 2.69. The summed E-state index contributed by atoms with van der Waals surface area (Å²) >= 11 is 0. The fourth-order valence-electron chi connectivity index (χ4n) is 5.18. The SMILES string of the molecule is CN(C)C.COc1nccc2c1C1(O)CCC(c3ccccc3)C1(c1ccc(C(F)F)cc1)O2. The fraction of sp³-hybridized carbons (Fsp3) is 0.370. The van der Waals surface area contributed by atoms with Crippen LogP contribution in [0.5, 0.6) is 11.6 Å². The van der Waals surface area contributed by atoms with Crippen LogP contribution in [-0.4, -0.2) is 43.2 Å². The zero-order valence-electron chi connectivity index (χ0n) is 19.8. The minimum Gasteiger partial charge on any atom is -0.481 e. The van der Waals surface area contributed by atoms with Gasteiger partial charge in [-0.25, -0.2) is 13.8 Å². The molecule has 180 valence electrons. The van der Waals surface area contributed by atoms with E-state index in [-0.39, 0.29) is 11.5 Å². The number of pyridine rings is 1. The average Bonchev–Trinajstić information content (AvgIpc) is 3.26. The van der Waals surface area contributed by atoms with Crippen molar-refractivity contribution in [2.75, 3.05) is 28.3 Å². The normalized spacial score (nSPS) is 24.8. The average molecular weight is 469 g/mol. The summed E-state index contributed by atoms with van der Waals surface area (Å²) in [5.41, 5.74) is -0.459. The van der Waals surface area contributed by atoms with E-state index in [0.717, 1.165) is 5.56 Å². The van der Waals surface area contributed by atoms with Gasteiger partial charge in [-0.2, -0.15) is 0 Å². The molecule has 0 saturated heterocycles. The summed E-state index contributed by atoms with van der Waals surface area (Å²) in [6.07, 6.45) is 0.106. The molecule has 2 aromatic carbocycles. The highest BCUT2D eigenvalue weighted by molar-refractivity contribution is 5.56. The first-order valence-electron chi connectivity index (χ1n) is 11.2. The second kappa shape index (κ2) is 9.31. The van der Waals surface area contributed by atoms with Gasteiger partial charge in [-0.1, -0.05) is 54.6 Å². The number of hydrogen-bond donors (Lipinski definition) is 1. The van der Waals surface area contributed by atoms with Crippen LogP contribution in [0.1, 0.15) is 47.4 Å². The van der Waals surface area contributed by atoms with Crippen LogP contribution in [-0.2, 0) is 11.2 Å². The standard InChI is InChI=1S/C24H21F2NO3.C3H9N/c1-29-22-20-19(12-14-27-22)30-24(17-9-7-16(8-10-17)21(25)26)18(11-13-23(20,24)28)15-5-3-2-4-6-15;1-4(2)3/h2-10,12,14,18,21,28H,11,13H2,1H3;1-3H3. The predicted molar refractivity (Wildman–Crippen MR) is 126 cm³/mol. The first-order valence-corrected chi connectivity index (χ1v) is 11.2. The van der Waals surface area contributed by atoms with E-state index in [1.54, 1.807) is 24.4 Å². The number of benzene rings is 2. The van der Waals surface area contributed by atoms with Gasteiger partial charge in [0.05, 0.1) is 12.7 Å². The molecule has 5 nitrogen and oxygen atoms in total. The molecule has 5 rings (SSSR count). The first kappa shape index (κ1) is 24.1. The maximum absolute atomic E-state index is 13.2. The van der Waals surface area contributed by atoms with Crippen molar-refractivity contribution in [3.05, 3.63) is 89.1 Å². The molecule has 3 atom stereocenters. The van der Waals surface area contributed by atoms with Gasteiger partial charge in [0.1, 0.15) is 11.4 Å². The van der Waals surface area contributed by atoms with Crippen LogP contribution in [0.25, 0.3) is 0 Å². The summed E-state index contributed by atoms with van der Waals surface area (Å²) in [6, 6.07) is 17.6. The Balaban J connectivity index is 0.000000636. The van der Waals surface area contributed by atoms with Gasteiger partial charge in [-0.3, -0.25) is 0 Å². The van der Waals surface area contributed by atoms with Crippen molar-refractivity contribution in [1.29, 1.82) is 0 Å². The van der Waals surface area contributed by atoms with Crippen molar-refractivity contribution in [3.63, 3.8) is 0 Å². The summed E-state index contributed by atoms with van der Waals surface area (Å²) in [5.74, 6) is 0.635. The molecule has 2 aliphatic rings. The number of rotatable bonds is 4. The summed E-state index contributed by atoms with van der Waals surface area (Å²) in [4.78, 5) is 6.27. The van der Waals surface area contributed by atoms with Crippen molar-refractivity contribution < 1.29 is 23.4 Å². The van der Waals surface area contributed by atoms with E-state index >= 15 is 0 Å². The Morgan fingerprint density at radius 3 is 2.29 bits per heavy atom. The van der Waals surface area contributed by atoms with E-state index in [2.05, 4.69) is 4.98 Å². The third-order valence-corrected chi connectivity index (χ3v) is 6.45. The summed E-state index contributed by atoms with van der Waals surface area (Å²) in [5, 5.41) is 12.1. The largest absolute Gasteiger partial charge is 0.481 e. The third kappa shape index (κ3) is 3.83. The lowest BCUT2D eigenvalue weighted by molar-refractivity contribution is -0.106. The van der Waals surface area contributed by atoms with Crippen molar-refractivity contribution in [1.82, 2.24) is 9.88 Å². The summed E-state index contributed by atoms with van der Waals surface area (Å²) in [7, 11) is 7.51. The molecule has 0 radical (unpaired) electrons. The van der Waals surface area contributed by atoms with Crippen LogP contribution in [0.4, 0.5) is 8.78 Å². The van der Waals surface area contributed by atoms with Gasteiger partial charge in [0, 0.05) is 17.7 Å². The van der Waals surface area contributed by atoms with E-state index in [1.165, 1.54) is 19.2 Å². The fourth-order valence-corrected chi connectivity index (χ4v) is 5.18. The molecule has 1 aromatic heterocycles. The van der Waals surface area contributed by atoms with Gasteiger partial charge in [0.15, 0.2) is 5.60 Å². The van der Waals surface area contributed by atoms with Gasteiger partial charge in [0.2, 0.25) is 5.88 Å². The molecular formula is C27H30F2N2O3. The van der Waals surface area contributed by atoms with Crippen molar-refractivity contribution in [2.24, 2.45) is 0 Å². The van der Waals surface area contributed by atoms with Gasteiger partial charge in [-0.15, -0.1) is 0 Å². The molecule has 3 unspecified atom stereocenters. The Hall–Kier alpha value is -3.03. The number of aliphatic hydroxyl groups is 1. The molecule has 1 aliphatic heterocycles. The molecule has 2 heterocycles. The number of methoxy groups -OCH3 is 1. The number of aromatic nitrogens is 1. The predicted octanol–water partition coefficient (Wildman–Crippen LogP) is 5.26. The molecule has 0 amide bonds. The molecule has 1 aliphatic carbocycles. The van der Waals surface area contributed by atoms with Crippen LogP contribution >= 0.6 is 0 Å². The molecule has 1 saturated carbocycles. The first-order chi connectivity index (χ1) is 16.2. The molecule has 1 fully saturated rings. The second-order valence-corrected chi connectivity index (χ2v) is 9.16. The highest BCUT2D eigenvalue weighted by Crippen LogP contribution is 2.67. The smallest absolute Gasteiger partial charge is 0.263 e. The van der Waals surface area contributed by atoms with E-state index in [4.69, 9.17) is 9.47 Å². The number of alkyl halides is 2. The van der Waals surface area contributed by atoms with Crippen LogP contribution in [0.3, 0.4) is 0 Å². The Morgan fingerprint density at radius 1 is 1.06 bits per heavy atom. The number of hydrogen-bond acceptors (Lipinski definition) is 5. The molecule has 0 spiro atoms. The second-order valence-electron chi connectivity index (χ2n) is 9.16. The Labute approximate surface area is 199 Å². The molecule has 34 heavy (non-hydrogen) atoms. The number of nitrogens with zero attached hydrogens (tertiary/aromatic N) is 2. The van der Waals surface area contributed by atoms with Crippen LogP contribution in [0, 0.1) is 0 Å².